The number of benzene rings is 10. The first kappa shape index (κ1) is 33.3. The second kappa shape index (κ2) is 13.4. The fraction of sp³-hybridized carbons (Fsp3) is 0. The molecule has 1 aliphatic heterocycles. The van der Waals surface area contributed by atoms with E-state index in [9.17, 15) is 0 Å². The van der Waals surface area contributed by atoms with Crippen molar-refractivity contribution < 1.29 is 0 Å². The van der Waals surface area contributed by atoms with Crippen LogP contribution in [-0.2, 0) is 0 Å². The van der Waals surface area contributed by atoms with E-state index in [1.54, 1.807) is 0 Å². The zero-order chi connectivity index (χ0) is 38.9. The Morgan fingerprint density at radius 1 is 0.254 bits per heavy atom. The molecule has 276 valence electrons. The van der Waals surface area contributed by atoms with Gasteiger partial charge in [0, 0.05) is 44.3 Å². The van der Waals surface area contributed by atoms with Gasteiger partial charge < -0.3 is 14.4 Å². The highest BCUT2D eigenvalue weighted by molar-refractivity contribution is 6.15. The maximum absolute atomic E-state index is 2.48. The van der Waals surface area contributed by atoms with E-state index in [0.717, 1.165) is 67.6 Å². The molecule has 0 radical (unpaired) electrons. The van der Waals surface area contributed by atoms with E-state index in [2.05, 4.69) is 239 Å². The Labute approximate surface area is 342 Å². The summed E-state index contributed by atoms with van der Waals surface area (Å²) >= 11 is 0. The molecule has 12 rings (SSSR count). The lowest BCUT2D eigenvalue weighted by atomic mass is 9.99. The summed E-state index contributed by atoms with van der Waals surface area (Å²) < 4.78 is 2.48. The van der Waals surface area contributed by atoms with Crippen molar-refractivity contribution in [3.8, 4) is 27.9 Å². The molecule has 0 saturated carbocycles. The lowest BCUT2D eigenvalue weighted by Crippen LogP contribution is -2.12. The first-order valence-electron chi connectivity index (χ1n) is 20.3. The number of rotatable bonds is 3. The highest BCUT2D eigenvalue weighted by atomic mass is 15.2. The Kier molecular flexibility index (Phi) is 7.54. The molecule has 11 aromatic rings. The van der Waals surface area contributed by atoms with E-state index in [0.29, 0.717) is 0 Å². The van der Waals surface area contributed by atoms with Gasteiger partial charge in [0.15, 0.2) is 0 Å². The topological polar surface area (TPSA) is 11.4 Å². The van der Waals surface area contributed by atoms with Crippen molar-refractivity contribution >= 4 is 77.5 Å². The number of hydrogen-bond donors (Lipinski definition) is 0. The number of fused-ring (bicyclic) bond motifs is 15. The van der Waals surface area contributed by atoms with Crippen LogP contribution in [0, 0.1) is 0 Å². The number of aromatic nitrogens is 1. The van der Waals surface area contributed by atoms with Crippen LogP contribution in [0.2, 0.25) is 0 Å². The number of hydrogen-bond acceptors (Lipinski definition) is 2. The van der Waals surface area contributed by atoms with Crippen LogP contribution in [0.4, 0.5) is 34.1 Å². The zero-order valence-electron chi connectivity index (χ0n) is 32.2. The third-order valence-corrected chi connectivity index (χ3v) is 12.0. The van der Waals surface area contributed by atoms with E-state index < -0.39 is 0 Å². The summed E-state index contributed by atoms with van der Waals surface area (Å²) in [5.41, 5.74) is 14.7. The van der Waals surface area contributed by atoms with E-state index in [-0.39, 0.29) is 0 Å². The lowest BCUT2D eigenvalue weighted by molar-refractivity contribution is 1.18. The lowest BCUT2D eigenvalue weighted by Gasteiger charge is -2.29. The summed E-state index contributed by atoms with van der Waals surface area (Å²) in [4.78, 5) is 4.87. The molecule has 0 unspecified atom stereocenters. The summed E-state index contributed by atoms with van der Waals surface area (Å²) in [6, 6.07) is 82.3. The fourth-order valence-electron chi connectivity index (χ4n) is 9.39. The van der Waals surface area contributed by atoms with Gasteiger partial charge in [-0.1, -0.05) is 152 Å². The normalized spacial score (nSPS) is 12.3. The van der Waals surface area contributed by atoms with Crippen LogP contribution in [0.15, 0.2) is 224 Å². The molecule has 10 aromatic carbocycles. The minimum atomic E-state index is 1.09. The first-order valence-corrected chi connectivity index (χ1v) is 20.3. The molecule has 2 heterocycles. The molecule has 3 nitrogen and oxygen atoms in total. The van der Waals surface area contributed by atoms with Gasteiger partial charge in [-0.05, 0) is 106 Å². The molecule has 1 aromatic heterocycles. The molecule has 0 amide bonds. The van der Waals surface area contributed by atoms with Gasteiger partial charge in [0.1, 0.15) is 0 Å². The third-order valence-electron chi connectivity index (χ3n) is 12.0. The Morgan fingerprint density at radius 3 is 1.19 bits per heavy atom. The first-order chi connectivity index (χ1) is 29.3. The molecule has 59 heavy (non-hydrogen) atoms. The average molecular weight is 752 g/mol. The van der Waals surface area contributed by atoms with Gasteiger partial charge in [0.05, 0.1) is 28.1 Å². The molecular formula is C56H37N3. The Balaban J connectivity index is 1.15. The van der Waals surface area contributed by atoms with Crippen molar-refractivity contribution in [3.63, 3.8) is 0 Å². The summed E-state index contributed by atoms with van der Waals surface area (Å²) in [6.07, 6.45) is 0. The average Bonchev–Trinajstić information content (AvgIpc) is 3.64. The van der Waals surface area contributed by atoms with Crippen molar-refractivity contribution in [1.82, 2.24) is 4.57 Å². The van der Waals surface area contributed by atoms with Crippen LogP contribution < -0.4 is 9.80 Å². The van der Waals surface area contributed by atoms with E-state index >= 15 is 0 Å². The van der Waals surface area contributed by atoms with Gasteiger partial charge in [-0.3, -0.25) is 0 Å². The standard InChI is InChI=1S/C56H37N3/c1-3-26-48-38(14-1)16-11-31-52(48)57-44-22-7-18-40(34-44)42-20-9-24-46(36-42)58(47-25-10-21-43(37-47)41-19-8-23-45(57)35-41)55-33-13-29-51-50-28-5-6-30-54(50)59(56(51)55)53-32-12-17-39-15-2-4-27-49(39)53/h1-37H. The van der Waals surface area contributed by atoms with E-state index in [1.807, 2.05) is 0 Å². The molecule has 0 saturated heterocycles. The smallest absolute Gasteiger partial charge is 0.0782 e. The van der Waals surface area contributed by atoms with Crippen molar-refractivity contribution in [1.29, 1.82) is 0 Å². The van der Waals surface area contributed by atoms with Crippen LogP contribution in [0.3, 0.4) is 0 Å². The summed E-state index contributed by atoms with van der Waals surface area (Å²) in [6.45, 7) is 0. The van der Waals surface area contributed by atoms with Gasteiger partial charge in [-0.15, -0.1) is 0 Å². The summed E-state index contributed by atoms with van der Waals surface area (Å²) in [7, 11) is 0. The van der Waals surface area contributed by atoms with Gasteiger partial charge in [-0.25, -0.2) is 0 Å². The molecule has 0 N–H and O–H groups in total. The Morgan fingerprint density at radius 2 is 0.627 bits per heavy atom. The number of nitrogens with zero attached hydrogens (tertiary/aromatic N) is 3. The Bertz CT molecular complexity index is 3330. The zero-order valence-corrected chi connectivity index (χ0v) is 32.2. The molecule has 0 atom stereocenters. The second-order valence-corrected chi connectivity index (χ2v) is 15.4. The second-order valence-electron chi connectivity index (χ2n) is 15.4. The van der Waals surface area contributed by atoms with Crippen molar-refractivity contribution in [2.45, 2.75) is 0 Å². The number of para-hydroxylation sites is 2. The van der Waals surface area contributed by atoms with Crippen LogP contribution in [0.25, 0.3) is 71.3 Å². The van der Waals surface area contributed by atoms with E-state index in [1.165, 1.54) is 37.8 Å². The molecule has 0 fully saturated rings. The van der Waals surface area contributed by atoms with Crippen molar-refractivity contribution in [2.24, 2.45) is 0 Å². The molecule has 8 bridgehead atoms. The highest BCUT2D eigenvalue weighted by Crippen LogP contribution is 2.47. The van der Waals surface area contributed by atoms with Crippen LogP contribution in [0.5, 0.6) is 0 Å². The highest BCUT2D eigenvalue weighted by Gasteiger charge is 2.24. The van der Waals surface area contributed by atoms with Gasteiger partial charge in [0.25, 0.3) is 0 Å². The van der Waals surface area contributed by atoms with Gasteiger partial charge in [-0.2, -0.15) is 0 Å². The van der Waals surface area contributed by atoms with Crippen LogP contribution >= 0.6 is 0 Å². The molecule has 3 heteroatoms. The largest absolute Gasteiger partial charge is 0.310 e. The molecular weight excluding hydrogens is 715 g/mol. The predicted octanol–water partition coefficient (Wildman–Crippen LogP) is 15.7. The molecule has 0 spiro atoms. The maximum atomic E-state index is 2.48. The van der Waals surface area contributed by atoms with Crippen LogP contribution in [0.1, 0.15) is 0 Å². The maximum Gasteiger partial charge on any atom is 0.0782 e. The SMILES string of the molecule is c1cc2cc(c1)N(c1cccc3ccccc13)c1cccc(c1)-c1cccc(c1)N(c1cccc3c4ccccc4n(-c4cccc5ccccc45)c13)c1cccc-2c1. The quantitative estimate of drug-likeness (QED) is 0.178. The molecule has 0 aliphatic carbocycles. The van der Waals surface area contributed by atoms with Gasteiger partial charge in [0.2, 0.25) is 0 Å². The van der Waals surface area contributed by atoms with Crippen molar-refractivity contribution in [2.75, 3.05) is 9.80 Å². The number of anilines is 6. The monoisotopic (exact) mass is 751 g/mol. The predicted molar refractivity (Wildman–Crippen MR) is 250 cm³/mol. The fourth-order valence-corrected chi connectivity index (χ4v) is 9.39. The summed E-state index contributed by atoms with van der Waals surface area (Å²) in [5, 5.41) is 7.30. The minimum Gasteiger partial charge on any atom is -0.310 e. The van der Waals surface area contributed by atoms with Gasteiger partial charge >= 0.3 is 0 Å². The summed E-state index contributed by atoms with van der Waals surface area (Å²) in [5.74, 6) is 0. The minimum absolute atomic E-state index is 1.09. The van der Waals surface area contributed by atoms with Crippen LogP contribution in [-0.4, -0.2) is 4.57 Å². The van der Waals surface area contributed by atoms with Crippen molar-refractivity contribution in [3.05, 3.63) is 224 Å². The molecule has 1 aliphatic rings. The Hall–Kier alpha value is -7.88. The van der Waals surface area contributed by atoms with E-state index in [4.69, 9.17) is 0 Å². The third kappa shape index (κ3) is 5.36.